The number of aryl methyl sites for hydroxylation is 1. The fourth-order valence-corrected chi connectivity index (χ4v) is 3.92. The van der Waals surface area contributed by atoms with Crippen molar-refractivity contribution in [3.8, 4) is 5.75 Å². The Labute approximate surface area is 217 Å². The summed E-state index contributed by atoms with van der Waals surface area (Å²) in [6.07, 6.45) is -4.45. The molecule has 0 atom stereocenters. The number of fused-ring (bicyclic) bond motifs is 1. The van der Waals surface area contributed by atoms with Crippen LogP contribution in [0.3, 0.4) is 0 Å². The number of carbonyl (C=O) groups excluding carboxylic acids is 1. The number of aromatic hydroxyl groups is 1. The predicted molar refractivity (Wildman–Crippen MR) is 141 cm³/mol. The van der Waals surface area contributed by atoms with Gasteiger partial charge in [-0.1, -0.05) is 0 Å². The van der Waals surface area contributed by atoms with Crippen LogP contribution >= 0.6 is 0 Å². The Balaban J connectivity index is 1.61. The van der Waals surface area contributed by atoms with E-state index in [9.17, 15) is 23.1 Å². The van der Waals surface area contributed by atoms with E-state index in [-0.39, 0.29) is 30.3 Å². The van der Waals surface area contributed by atoms with Crippen LogP contribution in [0.5, 0.6) is 5.75 Å². The van der Waals surface area contributed by atoms with E-state index in [2.05, 4.69) is 20.6 Å². The monoisotopic (exact) mass is 524 g/mol. The summed E-state index contributed by atoms with van der Waals surface area (Å²) in [5, 5.41) is 17.2. The molecule has 4 rings (SSSR count). The molecule has 1 aromatic heterocycles. The molecular formula is C27H27F3N6O2. The van der Waals surface area contributed by atoms with Crippen LogP contribution in [0.1, 0.15) is 22.5 Å². The summed E-state index contributed by atoms with van der Waals surface area (Å²) in [4.78, 5) is 22.5. The van der Waals surface area contributed by atoms with Gasteiger partial charge in [0.25, 0.3) is 0 Å². The number of amides is 1. The third-order valence-corrected chi connectivity index (χ3v) is 5.82. The molecule has 0 saturated carbocycles. The zero-order valence-electron chi connectivity index (χ0n) is 21.0. The number of nitrogens with one attached hydrogen (secondary N) is 2. The quantitative estimate of drug-likeness (QED) is 0.193. The summed E-state index contributed by atoms with van der Waals surface area (Å²) in [6, 6.07) is 13.8. The Morgan fingerprint density at radius 1 is 1.03 bits per heavy atom. The third-order valence-electron chi connectivity index (χ3n) is 5.82. The summed E-state index contributed by atoms with van der Waals surface area (Å²) in [5.41, 5.74) is 7.74. The SMILES string of the molecule is Cc1nc(NCc2cc(N)cc(C(F)(F)F)c2)c2cc(Nc3ccc(O)c(CC(=O)N(C)C)c3)ccc2n1. The fraction of sp³-hybridized carbons (Fsp3) is 0.222. The molecule has 4 aromatic rings. The zero-order chi connectivity index (χ0) is 27.6. The first-order chi connectivity index (χ1) is 17.9. The summed E-state index contributed by atoms with van der Waals surface area (Å²) in [5.74, 6) is 0.830. The van der Waals surface area contributed by atoms with E-state index in [1.807, 2.05) is 12.1 Å². The second kappa shape index (κ2) is 10.4. The average Bonchev–Trinajstić information content (AvgIpc) is 2.84. The molecule has 1 heterocycles. The Morgan fingerprint density at radius 3 is 2.45 bits per heavy atom. The van der Waals surface area contributed by atoms with Crippen LogP contribution in [0.15, 0.2) is 54.6 Å². The van der Waals surface area contributed by atoms with Crippen molar-refractivity contribution < 1.29 is 23.1 Å². The molecule has 0 bridgehead atoms. The maximum Gasteiger partial charge on any atom is 0.416 e. The molecular weight excluding hydrogens is 497 g/mol. The molecule has 0 aliphatic heterocycles. The van der Waals surface area contributed by atoms with Crippen molar-refractivity contribution in [1.82, 2.24) is 14.9 Å². The molecule has 1 amide bonds. The highest BCUT2D eigenvalue weighted by molar-refractivity contribution is 5.92. The molecule has 0 radical (unpaired) electrons. The normalized spacial score (nSPS) is 11.4. The number of phenolic OH excluding ortho intramolecular Hbond substituents is 1. The third kappa shape index (κ3) is 6.23. The molecule has 5 N–H and O–H groups in total. The first-order valence-electron chi connectivity index (χ1n) is 11.7. The molecule has 0 unspecified atom stereocenters. The number of likely N-dealkylation sites (N-methyl/N-ethyl adjacent to an activating group) is 1. The Morgan fingerprint density at radius 2 is 1.74 bits per heavy atom. The minimum Gasteiger partial charge on any atom is -0.508 e. The number of phenols is 1. The van der Waals surface area contributed by atoms with Crippen molar-refractivity contribution >= 4 is 39.7 Å². The van der Waals surface area contributed by atoms with Gasteiger partial charge in [-0.15, -0.1) is 0 Å². The van der Waals surface area contributed by atoms with Crippen LogP contribution in [0.4, 0.5) is 36.1 Å². The highest BCUT2D eigenvalue weighted by Crippen LogP contribution is 2.32. The Bertz CT molecular complexity index is 1500. The number of aromatic nitrogens is 2. The van der Waals surface area contributed by atoms with Crippen molar-refractivity contribution in [1.29, 1.82) is 0 Å². The van der Waals surface area contributed by atoms with Crippen molar-refractivity contribution in [2.45, 2.75) is 26.1 Å². The van der Waals surface area contributed by atoms with Crippen LogP contribution in [-0.4, -0.2) is 40.0 Å². The smallest absolute Gasteiger partial charge is 0.416 e. The van der Waals surface area contributed by atoms with Crippen molar-refractivity contribution in [2.75, 3.05) is 30.5 Å². The first kappa shape index (κ1) is 26.5. The van der Waals surface area contributed by atoms with Gasteiger partial charge in [0.05, 0.1) is 17.5 Å². The maximum absolute atomic E-state index is 13.2. The molecule has 0 fully saturated rings. The largest absolute Gasteiger partial charge is 0.508 e. The molecule has 0 saturated heterocycles. The van der Waals surface area contributed by atoms with Gasteiger partial charge in [-0.25, -0.2) is 9.97 Å². The first-order valence-corrected chi connectivity index (χ1v) is 11.7. The minimum atomic E-state index is -4.50. The predicted octanol–water partition coefficient (Wildman–Crippen LogP) is 5.23. The van der Waals surface area contributed by atoms with Crippen LogP contribution in [0.2, 0.25) is 0 Å². The zero-order valence-corrected chi connectivity index (χ0v) is 21.0. The average molecular weight is 525 g/mol. The standard InChI is InChI=1S/C27H27F3N6O2/c1-15-33-23-6-4-21(35-20-5-7-24(37)17(10-20)11-25(38)36(2)3)13-22(23)26(34-15)32-14-16-8-18(27(28,29)30)12-19(31)9-16/h4-10,12-13,35,37H,11,14,31H2,1-3H3,(H,32,33,34). The molecule has 11 heteroatoms. The summed E-state index contributed by atoms with van der Waals surface area (Å²) in [6.45, 7) is 1.80. The van der Waals surface area contributed by atoms with Gasteiger partial charge < -0.3 is 26.4 Å². The number of hydrogen-bond acceptors (Lipinski definition) is 7. The lowest BCUT2D eigenvalue weighted by atomic mass is 10.1. The second-order valence-electron chi connectivity index (χ2n) is 9.10. The number of rotatable bonds is 7. The van der Waals surface area contributed by atoms with Crippen molar-refractivity contribution in [2.24, 2.45) is 0 Å². The molecule has 0 spiro atoms. The minimum absolute atomic E-state index is 0.0207. The van der Waals surface area contributed by atoms with Crippen molar-refractivity contribution in [3.05, 3.63) is 77.1 Å². The summed E-state index contributed by atoms with van der Waals surface area (Å²) >= 11 is 0. The number of carbonyl (C=O) groups is 1. The number of halogens is 3. The van der Waals surface area contributed by atoms with Crippen LogP contribution in [0.25, 0.3) is 10.9 Å². The molecule has 38 heavy (non-hydrogen) atoms. The van der Waals surface area contributed by atoms with Crippen LogP contribution in [0, 0.1) is 6.92 Å². The lowest BCUT2D eigenvalue weighted by molar-refractivity contribution is -0.137. The Hall–Kier alpha value is -4.54. The number of benzene rings is 3. The van der Waals surface area contributed by atoms with Gasteiger partial charge in [0.1, 0.15) is 17.4 Å². The van der Waals surface area contributed by atoms with E-state index < -0.39 is 11.7 Å². The van der Waals surface area contributed by atoms with Gasteiger partial charge >= 0.3 is 6.18 Å². The summed E-state index contributed by atoms with van der Waals surface area (Å²) in [7, 11) is 3.29. The lowest BCUT2D eigenvalue weighted by Crippen LogP contribution is -2.23. The highest BCUT2D eigenvalue weighted by Gasteiger charge is 2.31. The highest BCUT2D eigenvalue weighted by atomic mass is 19.4. The van der Waals surface area contributed by atoms with E-state index in [0.717, 1.165) is 12.1 Å². The number of alkyl halides is 3. The number of nitrogens with zero attached hydrogens (tertiary/aromatic N) is 3. The molecule has 198 valence electrons. The maximum atomic E-state index is 13.2. The molecule has 0 aliphatic carbocycles. The van der Waals surface area contributed by atoms with Crippen LogP contribution in [-0.2, 0) is 23.9 Å². The van der Waals surface area contributed by atoms with Crippen molar-refractivity contribution in [3.63, 3.8) is 0 Å². The second-order valence-corrected chi connectivity index (χ2v) is 9.10. The van der Waals surface area contributed by atoms with E-state index >= 15 is 0 Å². The molecule has 8 nitrogen and oxygen atoms in total. The van der Waals surface area contributed by atoms with Gasteiger partial charge in [-0.2, -0.15) is 13.2 Å². The van der Waals surface area contributed by atoms with Gasteiger partial charge in [0, 0.05) is 48.7 Å². The van der Waals surface area contributed by atoms with E-state index in [1.165, 1.54) is 17.0 Å². The number of nitrogen functional groups attached to an aromatic ring is 1. The molecule has 3 aromatic carbocycles. The van der Waals surface area contributed by atoms with E-state index in [0.29, 0.717) is 45.0 Å². The van der Waals surface area contributed by atoms with Gasteiger partial charge in [0.2, 0.25) is 5.91 Å². The van der Waals surface area contributed by atoms with E-state index in [4.69, 9.17) is 5.73 Å². The van der Waals surface area contributed by atoms with Gasteiger partial charge in [-0.3, -0.25) is 4.79 Å². The number of hydrogen-bond donors (Lipinski definition) is 4. The number of anilines is 4. The van der Waals surface area contributed by atoms with Crippen LogP contribution < -0.4 is 16.4 Å². The molecule has 0 aliphatic rings. The van der Waals surface area contributed by atoms with Gasteiger partial charge in [-0.05, 0) is 67.1 Å². The fourth-order valence-electron chi connectivity index (χ4n) is 3.92. The van der Waals surface area contributed by atoms with E-state index in [1.54, 1.807) is 39.2 Å². The Kier molecular flexibility index (Phi) is 7.29. The summed E-state index contributed by atoms with van der Waals surface area (Å²) < 4.78 is 39.6. The topological polar surface area (TPSA) is 116 Å². The number of nitrogens with two attached hydrogens (primary N) is 1. The lowest BCUT2D eigenvalue weighted by Gasteiger charge is -2.15. The van der Waals surface area contributed by atoms with Gasteiger partial charge in [0.15, 0.2) is 0 Å².